The lowest BCUT2D eigenvalue weighted by Crippen LogP contribution is -2.22. The molecule has 0 radical (unpaired) electrons. The molecule has 7 nitrogen and oxygen atoms in total. The Hall–Kier alpha value is -4.13. The average molecular weight is 426 g/mol. The van der Waals surface area contributed by atoms with E-state index < -0.39 is 0 Å². The topological polar surface area (TPSA) is 74.6 Å². The number of fused-ring (bicyclic) bond motifs is 1. The molecule has 0 N–H and O–H groups in total. The maximum absolute atomic E-state index is 13.1. The molecule has 7 heteroatoms. The van der Waals surface area contributed by atoms with Crippen LogP contribution in [0.25, 0.3) is 28.2 Å². The second-order valence-corrected chi connectivity index (χ2v) is 7.44. The summed E-state index contributed by atoms with van der Waals surface area (Å²) >= 11 is 0. The highest BCUT2D eigenvalue weighted by Gasteiger charge is 2.15. The van der Waals surface area contributed by atoms with Gasteiger partial charge in [-0.3, -0.25) is 4.79 Å². The zero-order chi connectivity index (χ0) is 22.1. The minimum Gasteiger partial charge on any atom is -0.494 e. The van der Waals surface area contributed by atoms with Crippen LogP contribution in [0.1, 0.15) is 18.4 Å². The summed E-state index contributed by atoms with van der Waals surface area (Å²) in [4.78, 5) is 17.7. The molecule has 0 spiro atoms. The Kier molecular flexibility index (Phi) is 5.07. The van der Waals surface area contributed by atoms with Gasteiger partial charge in [-0.05, 0) is 44.2 Å². The molecular formula is C25H22N4O3. The standard InChI is InChI=1S/C25H22N4O3/c1-3-31-20-11-9-19(10-12-20)24-26-22(17(2)32-24)16-28-13-14-29-23(25(28)30)15-21(27-29)18-7-5-4-6-8-18/h4-15H,3,16H2,1-2H3. The summed E-state index contributed by atoms with van der Waals surface area (Å²) in [6.45, 7) is 4.73. The minimum absolute atomic E-state index is 0.132. The molecule has 0 saturated heterocycles. The Bertz CT molecular complexity index is 1430. The van der Waals surface area contributed by atoms with Gasteiger partial charge in [0.2, 0.25) is 5.89 Å². The van der Waals surface area contributed by atoms with E-state index in [1.807, 2.05) is 74.5 Å². The summed E-state index contributed by atoms with van der Waals surface area (Å²) in [6, 6.07) is 19.2. The van der Waals surface area contributed by atoms with Crippen molar-refractivity contribution in [3.8, 4) is 28.5 Å². The smallest absolute Gasteiger partial charge is 0.276 e. The van der Waals surface area contributed by atoms with E-state index in [1.165, 1.54) is 0 Å². The predicted molar refractivity (Wildman–Crippen MR) is 122 cm³/mol. The van der Waals surface area contributed by atoms with E-state index >= 15 is 0 Å². The lowest BCUT2D eigenvalue weighted by atomic mass is 10.1. The van der Waals surface area contributed by atoms with E-state index in [9.17, 15) is 4.79 Å². The van der Waals surface area contributed by atoms with Crippen LogP contribution in [0.4, 0.5) is 0 Å². The first-order valence-electron chi connectivity index (χ1n) is 10.5. The second kappa shape index (κ2) is 8.19. The van der Waals surface area contributed by atoms with Crippen LogP contribution in [0.5, 0.6) is 5.75 Å². The maximum atomic E-state index is 13.1. The van der Waals surface area contributed by atoms with Gasteiger partial charge in [-0.2, -0.15) is 5.10 Å². The highest BCUT2D eigenvalue weighted by molar-refractivity contribution is 5.65. The molecule has 0 aliphatic carbocycles. The first kappa shape index (κ1) is 19.8. The lowest BCUT2D eigenvalue weighted by molar-refractivity contribution is 0.340. The minimum atomic E-state index is -0.132. The zero-order valence-electron chi connectivity index (χ0n) is 17.9. The van der Waals surface area contributed by atoms with Gasteiger partial charge in [0.25, 0.3) is 5.56 Å². The van der Waals surface area contributed by atoms with Crippen LogP contribution < -0.4 is 10.3 Å². The van der Waals surface area contributed by atoms with Gasteiger partial charge in [0.05, 0.1) is 18.8 Å². The summed E-state index contributed by atoms with van der Waals surface area (Å²) < 4.78 is 14.6. The molecule has 0 aliphatic heterocycles. The summed E-state index contributed by atoms with van der Waals surface area (Å²) in [5, 5.41) is 4.53. The number of aryl methyl sites for hydroxylation is 1. The fourth-order valence-electron chi connectivity index (χ4n) is 3.62. The van der Waals surface area contributed by atoms with Crippen molar-refractivity contribution in [3.63, 3.8) is 0 Å². The van der Waals surface area contributed by atoms with Crippen molar-refractivity contribution >= 4 is 5.52 Å². The van der Waals surface area contributed by atoms with Gasteiger partial charge in [-0.25, -0.2) is 9.50 Å². The van der Waals surface area contributed by atoms with Crippen molar-refractivity contribution in [1.29, 1.82) is 0 Å². The quantitative estimate of drug-likeness (QED) is 0.398. The molecule has 0 fully saturated rings. The Morgan fingerprint density at radius 2 is 1.78 bits per heavy atom. The van der Waals surface area contributed by atoms with E-state index in [-0.39, 0.29) is 5.56 Å². The molecule has 0 atom stereocenters. The number of rotatable bonds is 6. The Morgan fingerprint density at radius 3 is 2.53 bits per heavy atom. The van der Waals surface area contributed by atoms with Gasteiger partial charge in [0, 0.05) is 23.5 Å². The van der Waals surface area contributed by atoms with Gasteiger partial charge < -0.3 is 13.7 Å². The average Bonchev–Trinajstić information content (AvgIpc) is 3.41. The SMILES string of the molecule is CCOc1ccc(-c2nc(Cn3ccn4nc(-c5ccccc5)cc4c3=O)c(C)o2)cc1. The fraction of sp³-hybridized carbons (Fsp3) is 0.160. The number of hydrogen-bond acceptors (Lipinski definition) is 5. The van der Waals surface area contributed by atoms with Gasteiger partial charge in [-0.15, -0.1) is 0 Å². The first-order valence-corrected chi connectivity index (χ1v) is 10.5. The van der Waals surface area contributed by atoms with Gasteiger partial charge in [-0.1, -0.05) is 30.3 Å². The molecule has 32 heavy (non-hydrogen) atoms. The van der Waals surface area contributed by atoms with Crippen LogP contribution in [-0.2, 0) is 6.54 Å². The highest BCUT2D eigenvalue weighted by atomic mass is 16.5. The van der Waals surface area contributed by atoms with Crippen LogP contribution in [0.3, 0.4) is 0 Å². The van der Waals surface area contributed by atoms with E-state index in [4.69, 9.17) is 9.15 Å². The molecular weight excluding hydrogens is 404 g/mol. The number of aromatic nitrogens is 4. The van der Waals surface area contributed by atoms with Crippen molar-refractivity contribution < 1.29 is 9.15 Å². The molecule has 0 bridgehead atoms. The predicted octanol–water partition coefficient (Wildman–Crippen LogP) is 4.57. The normalized spacial score (nSPS) is 11.2. The maximum Gasteiger partial charge on any atom is 0.276 e. The molecule has 0 unspecified atom stereocenters. The number of hydrogen-bond donors (Lipinski definition) is 0. The molecule has 0 aliphatic rings. The van der Waals surface area contributed by atoms with Crippen molar-refractivity contribution in [3.05, 3.63) is 94.9 Å². The number of benzene rings is 2. The lowest BCUT2D eigenvalue weighted by Gasteiger charge is -2.04. The van der Waals surface area contributed by atoms with Gasteiger partial charge in [0.15, 0.2) is 0 Å². The number of oxazole rings is 1. The second-order valence-electron chi connectivity index (χ2n) is 7.44. The third-order valence-corrected chi connectivity index (χ3v) is 5.30. The molecule has 2 aromatic carbocycles. The zero-order valence-corrected chi connectivity index (χ0v) is 17.9. The van der Waals surface area contributed by atoms with Gasteiger partial charge in [0.1, 0.15) is 22.7 Å². The molecule has 3 aromatic heterocycles. The fourth-order valence-corrected chi connectivity index (χ4v) is 3.62. The van der Waals surface area contributed by atoms with E-state index in [0.717, 1.165) is 22.6 Å². The van der Waals surface area contributed by atoms with E-state index in [1.54, 1.807) is 21.5 Å². The van der Waals surface area contributed by atoms with Crippen LogP contribution >= 0.6 is 0 Å². The molecule has 0 saturated carbocycles. The van der Waals surface area contributed by atoms with Crippen LogP contribution in [0.15, 0.2) is 82.3 Å². The third-order valence-electron chi connectivity index (χ3n) is 5.30. The van der Waals surface area contributed by atoms with Crippen molar-refractivity contribution in [1.82, 2.24) is 19.2 Å². The van der Waals surface area contributed by atoms with Crippen LogP contribution in [0, 0.1) is 6.92 Å². The summed E-state index contributed by atoms with van der Waals surface area (Å²) in [5.41, 5.74) is 3.67. The Balaban J connectivity index is 1.44. The molecule has 3 heterocycles. The van der Waals surface area contributed by atoms with Crippen molar-refractivity contribution in [2.75, 3.05) is 6.61 Å². The third kappa shape index (κ3) is 3.69. The Morgan fingerprint density at radius 1 is 1.00 bits per heavy atom. The molecule has 160 valence electrons. The summed E-state index contributed by atoms with van der Waals surface area (Å²) in [6.07, 6.45) is 3.51. The number of ether oxygens (including phenoxy) is 1. The van der Waals surface area contributed by atoms with Gasteiger partial charge >= 0.3 is 0 Å². The highest BCUT2D eigenvalue weighted by Crippen LogP contribution is 2.24. The van der Waals surface area contributed by atoms with E-state index in [2.05, 4.69) is 10.1 Å². The van der Waals surface area contributed by atoms with Crippen LogP contribution in [-0.4, -0.2) is 25.8 Å². The molecule has 0 amide bonds. The summed E-state index contributed by atoms with van der Waals surface area (Å²) in [5.74, 6) is 2.00. The van der Waals surface area contributed by atoms with Crippen LogP contribution in [0.2, 0.25) is 0 Å². The molecule has 5 rings (SSSR count). The Labute approximate surface area is 184 Å². The monoisotopic (exact) mass is 426 g/mol. The summed E-state index contributed by atoms with van der Waals surface area (Å²) in [7, 11) is 0. The largest absolute Gasteiger partial charge is 0.494 e. The van der Waals surface area contributed by atoms with Crippen molar-refractivity contribution in [2.45, 2.75) is 20.4 Å². The van der Waals surface area contributed by atoms with Crippen molar-refractivity contribution in [2.24, 2.45) is 0 Å². The van der Waals surface area contributed by atoms with E-state index in [0.29, 0.717) is 36.0 Å². The number of nitrogens with zero attached hydrogens (tertiary/aromatic N) is 4. The first-order chi connectivity index (χ1) is 15.6. The molecule has 5 aromatic rings.